The van der Waals surface area contributed by atoms with Crippen LogP contribution in [0.1, 0.15) is 17.2 Å². The molecule has 100 valence electrons. The lowest BCUT2D eigenvalue weighted by Crippen LogP contribution is -2.20. The molecule has 0 amide bonds. The Balaban J connectivity index is 2.19. The predicted molar refractivity (Wildman–Crippen MR) is 78.0 cm³/mol. The number of nitrogens with one attached hydrogen (secondary N) is 1. The van der Waals surface area contributed by atoms with Gasteiger partial charge in [0, 0.05) is 12.2 Å². The van der Waals surface area contributed by atoms with Gasteiger partial charge in [0.1, 0.15) is 5.82 Å². The van der Waals surface area contributed by atoms with Crippen molar-refractivity contribution < 1.29 is 4.39 Å². The Hall–Kier alpha value is -1.58. The molecule has 0 spiro atoms. The lowest BCUT2D eigenvalue weighted by molar-refractivity contribution is 0.626. The molecular formula is C15H16ClFN2. The summed E-state index contributed by atoms with van der Waals surface area (Å²) >= 11 is 5.80. The second-order valence-corrected chi connectivity index (χ2v) is 4.88. The highest BCUT2D eigenvalue weighted by molar-refractivity contribution is 6.30. The molecule has 2 nitrogen and oxygen atoms in total. The first-order valence-corrected chi connectivity index (χ1v) is 6.46. The van der Waals surface area contributed by atoms with E-state index >= 15 is 0 Å². The number of rotatable bonds is 4. The number of nitrogens with two attached hydrogens (primary N) is 1. The normalized spacial score (nSPS) is 12.2. The number of hydrogen-bond acceptors (Lipinski definition) is 2. The number of hydrogen-bond donors (Lipinski definition) is 2. The van der Waals surface area contributed by atoms with Gasteiger partial charge in [-0.15, -0.1) is 0 Å². The van der Waals surface area contributed by atoms with E-state index in [1.807, 2.05) is 31.2 Å². The molecule has 0 aromatic heterocycles. The van der Waals surface area contributed by atoms with Crippen molar-refractivity contribution >= 4 is 17.3 Å². The van der Waals surface area contributed by atoms with Crippen LogP contribution in [0.2, 0.25) is 5.02 Å². The molecule has 19 heavy (non-hydrogen) atoms. The van der Waals surface area contributed by atoms with Crippen molar-refractivity contribution in [1.82, 2.24) is 0 Å². The van der Waals surface area contributed by atoms with E-state index in [2.05, 4.69) is 5.32 Å². The van der Waals surface area contributed by atoms with Crippen LogP contribution in [0.4, 0.5) is 10.1 Å². The standard InChI is InChI=1S/C15H16ClFN2/c1-10-2-5-12(6-3-10)19-15(9-18)11-4-7-14(17)13(16)8-11/h2-8,15,19H,9,18H2,1H3. The smallest absolute Gasteiger partial charge is 0.141 e. The zero-order valence-electron chi connectivity index (χ0n) is 10.7. The lowest BCUT2D eigenvalue weighted by Gasteiger charge is -2.19. The number of anilines is 1. The molecule has 1 unspecified atom stereocenters. The second kappa shape index (κ2) is 6.04. The fraction of sp³-hybridized carbons (Fsp3) is 0.200. The van der Waals surface area contributed by atoms with Gasteiger partial charge in [-0.3, -0.25) is 0 Å². The molecule has 0 aliphatic rings. The fourth-order valence-corrected chi connectivity index (χ4v) is 2.05. The monoisotopic (exact) mass is 278 g/mol. The minimum atomic E-state index is -0.420. The zero-order chi connectivity index (χ0) is 13.8. The fourth-order valence-electron chi connectivity index (χ4n) is 1.86. The summed E-state index contributed by atoms with van der Waals surface area (Å²) in [4.78, 5) is 0. The van der Waals surface area contributed by atoms with Gasteiger partial charge >= 0.3 is 0 Å². The van der Waals surface area contributed by atoms with E-state index in [0.29, 0.717) is 6.54 Å². The molecule has 2 aromatic rings. The summed E-state index contributed by atoms with van der Waals surface area (Å²) in [5.41, 5.74) is 8.81. The molecule has 0 aliphatic carbocycles. The first kappa shape index (κ1) is 13.8. The van der Waals surface area contributed by atoms with Crippen LogP contribution in [0, 0.1) is 12.7 Å². The summed E-state index contributed by atoms with van der Waals surface area (Å²) in [6.45, 7) is 2.43. The predicted octanol–water partition coefficient (Wildman–Crippen LogP) is 3.90. The van der Waals surface area contributed by atoms with Crippen LogP contribution in [-0.4, -0.2) is 6.54 Å². The quantitative estimate of drug-likeness (QED) is 0.890. The Bertz CT molecular complexity index is 555. The van der Waals surface area contributed by atoms with Crippen LogP contribution in [-0.2, 0) is 0 Å². The van der Waals surface area contributed by atoms with E-state index in [9.17, 15) is 4.39 Å². The van der Waals surface area contributed by atoms with Gasteiger partial charge in [0.2, 0.25) is 0 Å². The molecular weight excluding hydrogens is 263 g/mol. The van der Waals surface area contributed by atoms with Gasteiger partial charge in [0.15, 0.2) is 0 Å². The van der Waals surface area contributed by atoms with E-state index in [1.165, 1.54) is 11.6 Å². The Morgan fingerprint density at radius 3 is 2.47 bits per heavy atom. The maximum Gasteiger partial charge on any atom is 0.141 e. The molecule has 2 aromatic carbocycles. The molecule has 0 bridgehead atoms. The van der Waals surface area contributed by atoms with Crippen LogP contribution in [0.15, 0.2) is 42.5 Å². The first-order valence-electron chi connectivity index (χ1n) is 6.08. The largest absolute Gasteiger partial charge is 0.377 e. The van der Waals surface area contributed by atoms with Crippen LogP contribution < -0.4 is 11.1 Å². The van der Waals surface area contributed by atoms with Gasteiger partial charge in [-0.2, -0.15) is 0 Å². The van der Waals surface area contributed by atoms with Crippen molar-refractivity contribution in [2.45, 2.75) is 13.0 Å². The molecule has 0 aliphatic heterocycles. The third kappa shape index (κ3) is 3.46. The lowest BCUT2D eigenvalue weighted by atomic mass is 10.1. The van der Waals surface area contributed by atoms with Crippen LogP contribution in [0.5, 0.6) is 0 Å². The minimum Gasteiger partial charge on any atom is -0.377 e. The Morgan fingerprint density at radius 2 is 1.89 bits per heavy atom. The molecule has 0 fully saturated rings. The van der Waals surface area contributed by atoms with E-state index in [1.54, 1.807) is 12.1 Å². The minimum absolute atomic E-state index is 0.0965. The van der Waals surface area contributed by atoms with Gasteiger partial charge in [0.05, 0.1) is 11.1 Å². The van der Waals surface area contributed by atoms with Gasteiger partial charge in [-0.25, -0.2) is 4.39 Å². The van der Waals surface area contributed by atoms with Crippen LogP contribution in [0.25, 0.3) is 0 Å². The summed E-state index contributed by atoms with van der Waals surface area (Å²) < 4.78 is 13.2. The van der Waals surface area contributed by atoms with Gasteiger partial charge in [-0.1, -0.05) is 35.4 Å². The second-order valence-electron chi connectivity index (χ2n) is 4.47. The van der Waals surface area contributed by atoms with Gasteiger partial charge in [-0.05, 0) is 36.8 Å². The summed E-state index contributed by atoms with van der Waals surface area (Å²) in [6.07, 6.45) is 0. The highest BCUT2D eigenvalue weighted by atomic mass is 35.5. The zero-order valence-corrected chi connectivity index (χ0v) is 11.4. The summed E-state index contributed by atoms with van der Waals surface area (Å²) in [5, 5.41) is 3.43. The Labute approximate surface area is 117 Å². The Kier molecular flexibility index (Phi) is 4.40. The maximum atomic E-state index is 13.2. The van der Waals surface area contributed by atoms with E-state index in [4.69, 9.17) is 17.3 Å². The highest BCUT2D eigenvalue weighted by Crippen LogP contribution is 2.23. The van der Waals surface area contributed by atoms with E-state index in [0.717, 1.165) is 11.3 Å². The number of halogens is 2. The van der Waals surface area contributed by atoms with Crippen molar-refractivity contribution in [3.8, 4) is 0 Å². The number of benzene rings is 2. The third-order valence-corrected chi connectivity index (χ3v) is 3.26. The maximum absolute atomic E-state index is 13.2. The average molecular weight is 279 g/mol. The van der Waals surface area contributed by atoms with Crippen molar-refractivity contribution in [2.24, 2.45) is 5.73 Å². The Morgan fingerprint density at radius 1 is 1.21 bits per heavy atom. The van der Waals surface area contributed by atoms with Gasteiger partial charge in [0.25, 0.3) is 0 Å². The number of aryl methyl sites for hydroxylation is 1. The average Bonchev–Trinajstić information content (AvgIpc) is 2.41. The van der Waals surface area contributed by atoms with Gasteiger partial charge < -0.3 is 11.1 Å². The molecule has 0 saturated heterocycles. The third-order valence-electron chi connectivity index (χ3n) is 2.97. The summed E-state index contributed by atoms with van der Waals surface area (Å²) in [7, 11) is 0. The van der Waals surface area contributed by atoms with Crippen molar-refractivity contribution in [2.75, 3.05) is 11.9 Å². The molecule has 4 heteroatoms. The topological polar surface area (TPSA) is 38.0 Å². The molecule has 0 saturated carbocycles. The SMILES string of the molecule is Cc1ccc(NC(CN)c2ccc(F)c(Cl)c2)cc1. The van der Waals surface area contributed by atoms with Crippen molar-refractivity contribution in [1.29, 1.82) is 0 Å². The highest BCUT2D eigenvalue weighted by Gasteiger charge is 2.11. The van der Waals surface area contributed by atoms with Crippen LogP contribution >= 0.6 is 11.6 Å². The molecule has 2 rings (SSSR count). The molecule has 0 radical (unpaired) electrons. The summed E-state index contributed by atoms with van der Waals surface area (Å²) in [5.74, 6) is -0.420. The first-order chi connectivity index (χ1) is 9.10. The van der Waals surface area contributed by atoms with Crippen molar-refractivity contribution in [3.63, 3.8) is 0 Å². The van der Waals surface area contributed by atoms with Crippen molar-refractivity contribution in [3.05, 3.63) is 64.4 Å². The van der Waals surface area contributed by atoms with Crippen LogP contribution in [0.3, 0.4) is 0 Å². The van der Waals surface area contributed by atoms with E-state index in [-0.39, 0.29) is 11.1 Å². The molecule has 3 N–H and O–H groups in total. The molecule has 0 heterocycles. The van der Waals surface area contributed by atoms with E-state index < -0.39 is 5.82 Å². The molecule has 1 atom stereocenters. The summed E-state index contributed by atoms with van der Waals surface area (Å²) in [6, 6.07) is 12.6.